The highest BCUT2D eigenvalue weighted by Crippen LogP contribution is 2.20. The Labute approximate surface area is 187 Å². The van der Waals surface area contributed by atoms with Gasteiger partial charge in [-0.15, -0.1) is 5.10 Å². The summed E-state index contributed by atoms with van der Waals surface area (Å²) < 4.78 is 33.5. The zero-order valence-electron chi connectivity index (χ0n) is 17.9. The number of carbonyl (C=O) groups is 3. The lowest BCUT2D eigenvalue weighted by Gasteiger charge is -2.33. The third kappa shape index (κ3) is 7.56. The van der Waals surface area contributed by atoms with Gasteiger partial charge >= 0.3 is 24.0 Å². The van der Waals surface area contributed by atoms with Crippen LogP contribution in [0.1, 0.15) is 18.5 Å². The molecule has 1 unspecified atom stereocenters. The van der Waals surface area contributed by atoms with Crippen LogP contribution < -0.4 is 10.6 Å². The maximum atomic E-state index is 12.6. The largest absolute Gasteiger partial charge is 0.490 e. The molecule has 0 bridgehead atoms. The Hall–Kier alpha value is -3.48. The van der Waals surface area contributed by atoms with Crippen LogP contribution in [-0.2, 0) is 27.5 Å². The van der Waals surface area contributed by atoms with Crippen molar-refractivity contribution in [3.05, 3.63) is 42.2 Å². The lowest BCUT2D eigenvalue weighted by Crippen LogP contribution is -2.48. The number of carboxylic acids is 1. The van der Waals surface area contributed by atoms with E-state index < -0.39 is 24.0 Å². The highest BCUT2D eigenvalue weighted by atomic mass is 19.4. The van der Waals surface area contributed by atoms with Crippen LogP contribution in [0.2, 0.25) is 0 Å². The topological polar surface area (TPSA) is 135 Å². The smallest absolute Gasteiger partial charge is 0.475 e. The molecule has 1 aromatic carbocycles. The molecule has 1 aliphatic heterocycles. The fourth-order valence-electron chi connectivity index (χ4n) is 3.23. The van der Waals surface area contributed by atoms with Crippen LogP contribution in [0.4, 0.5) is 18.9 Å². The first kappa shape index (κ1) is 25.8. The van der Waals surface area contributed by atoms with Crippen molar-refractivity contribution >= 4 is 23.5 Å². The van der Waals surface area contributed by atoms with E-state index in [1.165, 1.54) is 4.90 Å². The third-order valence-electron chi connectivity index (χ3n) is 4.92. The van der Waals surface area contributed by atoms with Crippen LogP contribution in [0.5, 0.6) is 0 Å². The number of anilines is 1. The Balaban J connectivity index is 0.000000479. The summed E-state index contributed by atoms with van der Waals surface area (Å²) in [4.78, 5) is 37.1. The molecule has 0 radical (unpaired) electrons. The number of halogens is 3. The van der Waals surface area contributed by atoms with Gasteiger partial charge in [-0.05, 0) is 30.9 Å². The molecule has 1 atom stereocenters. The highest BCUT2D eigenvalue weighted by molar-refractivity contribution is 6.40. The molecule has 1 aromatic heterocycles. The second-order valence-electron chi connectivity index (χ2n) is 7.40. The van der Waals surface area contributed by atoms with Crippen molar-refractivity contribution in [1.82, 2.24) is 19.9 Å². The van der Waals surface area contributed by atoms with E-state index in [1.807, 2.05) is 36.5 Å². The van der Waals surface area contributed by atoms with Gasteiger partial charge < -0.3 is 20.6 Å². The first-order chi connectivity index (χ1) is 15.5. The molecule has 2 aromatic rings. The van der Waals surface area contributed by atoms with Gasteiger partial charge in [0.1, 0.15) is 0 Å². The van der Waals surface area contributed by atoms with E-state index in [2.05, 4.69) is 10.3 Å². The number of nitrogens with two attached hydrogens (primary N) is 1. The van der Waals surface area contributed by atoms with Crippen molar-refractivity contribution in [1.29, 1.82) is 0 Å². The number of hydrogen-bond donors (Lipinski definition) is 2. The molecular formula is C20H25F3N6O4. The number of alkyl halides is 3. The van der Waals surface area contributed by atoms with Crippen molar-refractivity contribution in [2.45, 2.75) is 32.1 Å². The first-order valence-corrected chi connectivity index (χ1v) is 10.0. The number of rotatable bonds is 4. The van der Waals surface area contributed by atoms with Crippen molar-refractivity contribution < 1.29 is 32.7 Å². The van der Waals surface area contributed by atoms with Crippen LogP contribution in [0.25, 0.3) is 0 Å². The van der Waals surface area contributed by atoms with Crippen molar-refractivity contribution in [3.63, 3.8) is 0 Å². The standard InChI is InChI=1S/C18H24N6O2.C2HF3O2/c1-22(16-7-3-2-4-8-16)17(25)18(26)23-9-5-6-14(11-23)12-24-13-15(10-19)20-21-24;3-2(4,5)1(6)7/h2-4,7-8,13-14H,5-6,9-12,19H2,1H3;(H,6,7). The number of aromatic nitrogens is 3. The number of benzene rings is 1. The SMILES string of the molecule is CN(C(=O)C(=O)N1CCCC(Cn2cc(CN)nn2)C1)c1ccccc1.O=C(O)C(F)(F)F. The summed E-state index contributed by atoms with van der Waals surface area (Å²) in [6, 6.07) is 9.18. The molecule has 2 heterocycles. The Morgan fingerprint density at radius 3 is 2.42 bits per heavy atom. The number of nitrogens with zero attached hydrogens (tertiary/aromatic N) is 5. The summed E-state index contributed by atoms with van der Waals surface area (Å²) >= 11 is 0. The molecule has 0 spiro atoms. The average Bonchev–Trinajstić information content (AvgIpc) is 3.25. The van der Waals surface area contributed by atoms with Crippen LogP contribution in [0.15, 0.2) is 36.5 Å². The van der Waals surface area contributed by atoms with Gasteiger partial charge in [-0.1, -0.05) is 23.4 Å². The van der Waals surface area contributed by atoms with E-state index >= 15 is 0 Å². The number of likely N-dealkylation sites (tertiary alicyclic amines) is 1. The quantitative estimate of drug-likeness (QED) is 0.643. The van der Waals surface area contributed by atoms with E-state index in [0.29, 0.717) is 31.9 Å². The van der Waals surface area contributed by atoms with Gasteiger partial charge in [-0.2, -0.15) is 13.2 Å². The lowest BCUT2D eigenvalue weighted by atomic mass is 9.98. The molecule has 10 nitrogen and oxygen atoms in total. The van der Waals surface area contributed by atoms with E-state index in [4.69, 9.17) is 15.6 Å². The molecule has 1 fully saturated rings. The zero-order chi connectivity index (χ0) is 24.6. The average molecular weight is 470 g/mol. The van der Waals surface area contributed by atoms with Gasteiger partial charge in [0, 0.05) is 45.1 Å². The van der Waals surface area contributed by atoms with Gasteiger partial charge in [0.25, 0.3) is 0 Å². The first-order valence-electron chi connectivity index (χ1n) is 10.0. The second kappa shape index (κ2) is 11.4. The number of aliphatic carboxylic acids is 1. The minimum Gasteiger partial charge on any atom is -0.475 e. The summed E-state index contributed by atoms with van der Waals surface area (Å²) in [5, 5.41) is 15.2. The lowest BCUT2D eigenvalue weighted by molar-refractivity contribution is -0.192. The summed E-state index contributed by atoms with van der Waals surface area (Å²) in [5.74, 6) is -3.48. The molecule has 0 aliphatic carbocycles. The monoisotopic (exact) mass is 470 g/mol. The molecule has 2 amide bonds. The Bertz CT molecular complexity index is 951. The molecular weight excluding hydrogens is 445 g/mol. The van der Waals surface area contributed by atoms with Gasteiger partial charge in [0.2, 0.25) is 0 Å². The Morgan fingerprint density at radius 1 is 1.24 bits per heavy atom. The molecule has 180 valence electrons. The number of piperidine rings is 1. The number of para-hydroxylation sites is 1. The van der Waals surface area contributed by atoms with E-state index in [9.17, 15) is 22.8 Å². The van der Waals surface area contributed by atoms with Crippen LogP contribution in [0, 0.1) is 5.92 Å². The van der Waals surface area contributed by atoms with Gasteiger partial charge in [-0.3, -0.25) is 14.3 Å². The minimum atomic E-state index is -5.08. The predicted octanol–water partition coefficient (Wildman–Crippen LogP) is 1.27. The van der Waals surface area contributed by atoms with Crippen LogP contribution >= 0.6 is 0 Å². The van der Waals surface area contributed by atoms with Gasteiger partial charge in [-0.25, -0.2) is 4.79 Å². The molecule has 1 aliphatic rings. The second-order valence-corrected chi connectivity index (χ2v) is 7.40. The van der Waals surface area contributed by atoms with E-state index in [-0.39, 0.29) is 5.92 Å². The van der Waals surface area contributed by atoms with Gasteiger partial charge in [0.15, 0.2) is 0 Å². The number of carbonyl (C=O) groups excluding carboxylic acids is 2. The maximum absolute atomic E-state index is 12.6. The third-order valence-corrected chi connectivity index (χ3v) is 4.92. The molecule has 1 saturated heterocycles. The number of likely N-dealkylation sites (N-methyl/N-ethyl adjacent to an activating group) is 1. The summed E-state index contributed by atoms with van der Waals surface area (Å²) in [5.41, 5.74) is 7.01. The van der Waals surface area contributed by atoms with Crippen molar-refractivity contribution in [2.75, 3.05) is 25.0 Å². The number of carboxylic acid groups (broad SMARTS) is 1. The zero-order valence-corrected chi connectivity index (χ0v) is 17.9. The summed E-state index contributed by atoms with van der Waals surface area (Å²) in [6.45, 7) is 2.18. The minimum absolute atomic E-state index is 0.245. The summed E-state index contributed by atoms with van der Waals surface area (Å²) in [6.07, 6.45) is -1.39. The van der Waals surface area contributed by atoms with E-state index in [0.717, 1.165) is 18.5 Å². The van der Waals surface area contributed by atoms with Gasteiger partial charge in [0.05, 0.1) is 5.69 Å². The van der Waals surface area contributed by atoms with Crippen LogP contribution in [0.3, 0.4) is 0 Å². The highest BCUT2D eigenvalue weighted by Gasteiger charge is 2.38. The number of hydrogen-bond acceptors (Lipinski definition) is 6. The van der Waals surface area contributed by atoms with Crippen molar-refractivity contribution in [3.8, 4) is 0 Å². The number of amides is 2. The maximum Gasteiger partial charge on any atom is 0.490 e. The molecule has 33 heavy (non-hydrogen) atoms. The summed E-state index contributed by atoms with van der Waals surface area (Å²) in [7, 11) is 1.63. The van der Waals surface area contributed by atoms with E-state index in [1.54, 1.807) is 16.6 Å². The molecule has 0 saturated carbocycles. The molecule has 3 rings (SSSR count). The predicted molar refractivity (Wildman–Crippen MR) is 111 cm³/mol. The Kier molecular flexibility index (Phi) is 8.91. The fourth-order valence-corrected chi connectivity index (χ4v) is 3.23. The Morgan fingerprint density at radius 2 is 1.88 bits per heavy atom. The van der Waals surface area contributed by atoms with Crippen molar-refractivity contribution in [2.24, 2.45) is 11.7 Å². The normalized spacial score (nSPS) is 15.9. The van der Waals surface area contributed by atoms with Crippen LogP contribution in [-0.4, -0.2) is 69.1 Å². The molecule has 13 heteroatoms. The molecule has 3 N–H and O–H groups in total. The fraction of sp³-hybridized carbons (Fsp3) is 0.450.